The number of carbonyl (C=O) groups is 1. The topological polar surface area (TPSA) is 67.7 Å². The maximum Gasteiger partial charge on any atom is 0.409 e. The number of thiophene rings is 1. The smallest absolute Gasteiger partial charge is 0.409 e. The fourth-order valence-corrected chi connectivity index (χ4v) is 5.94. The van der Waals surface area contributed by atoms with E-state index in [0.29, 0.717) is 38.7 Å². The Balaban J connectivity index is 1.59. The molecule has 0 spiro atoms. The van der Waals surface area contributed by atoms with Crippen molar-refractivity contribution >= 4 is 33.6 Å². The van der Waals surface area contributed by atoms with Crippen LogP contribution in [0, 0.1) is 0 Å². The van der Waals surface area contributed by atoms with Gasteiger partial charge in [0.15, 0.2) is 0 Å². The fraction of sp³-hybridized carbons (Fsp3) is 0.458. The van der Waals surface area contributed by atoms with Gasteiger partial charge in [-0.1, -0.05) is 24.6 Å². The summed E-state index contributed by atoms with van der Waals surface area (Å²) in [6.07, 6.45) is 5.23. The Labute approximate surface area is 191 Å². The highest BCUT2D eigenvalue weighted by molar-refractivity contribution is 7.18. The largest absolute Gasteiger partial charge is 0.450 e. The molecule has 0 N–H and O–H groups in total. The van der Waals surface area contributed by atoms with Crippen LogP contribution in [-0.4, -0.2) is 53.3 Å². The van der Waals surface area contributed by atoms with Gasteiger partial charge in [-0.15, -0.1) is 11.3 Å². The second kappa shape index (κ2) is 8.94. The number of para-hydroxylation sites is 1. The highest BCUT2D eigenvalue weighted by Gasteiger charge is 2.28. The maximum atomic E-state index is 13.9. The zero-order chi connectivity index (χ0) is 22.1. The van der Waals surface area contributed by atoms with Crippen LogP contribution in [0.5, 0.6) is 0 Å². The summed E-state index contributed by atoms with van der Waals surface area (Å²) < 4.78 is 6.91. The monoisotopic (exact) mass is 452 g/mol. The first-order chi connectivity index (χ1) is 15.7. The predicted octanol–water partition coefficient (Wildman–Crippen LogP) is 3.99. The number of benzene rings is 1. The Kier molecular flexibility index (Phi) is 5.87. The summed E-state index contributed by atoms with van der Waals surface area (Å²) in [6, 6.07) is 9.76. The van der Waals surface area contributed by atoms with E-state index < -0.39 is 0 Å². The van der Waals surface area contributed by atoms with Crippen molar-refractivity contribution in [1.82, 2.24) is 14.5 Å². The number of carbonyl (C=O) groups excluding carboxylic acids is 1. The zero-order valence-corrected chi connectivity index (χ0v) is 19.2. The second-order valence-corrected chi connectivity index (χ2v) is 9.39. The third kappa shape index (κ3) is 3.77. The molecule has 1 fully saturated rings. The molecule has 2 aromatic heterocycles. The number of hydrogen-bond acceptors (Lipinski definition) is 6. The summed E-state index contributed by atoms with van der Waals surface area (Å²) in [5, 5.41) is 0.796. The van der Waals surface area contributed by atoms with Gasteiger partial charge >= 0.3 is 6.09 Å². The van der Waals surface area contributed by atoms with E-state index in [1.165, 1.54) is 23.3 Å². The Morgan fingerprint density at radius 2 is 1.81 bits per heavy atom. The molecular weight excluding hydrogens is 424 g/mol. The lowest BCUT2D eigenvalue weighted by molar-refractivity contribution is 0.105. The van der Waals surface area contributed by atoms with E-state index in [-0.39, 0.29) is 11.7 Å². The molecule has 168 valence electrons. The van der Waals surface area contributed by atoms with Crippen LogP contribution >= 0.6 is 11.3 Å². The summed E-state index contributed by atoms with van der Waals surface area (Å²) in [4.78, 5) is 37.1. The van der Waals surface area contributed by atoms with Crippen LogP contribution < -0.4 is 10.5 Å². The van der Waals surface area contributed by atoms with Gasteiger partial charge in [-0.25, -0.2) is 14.3 Å². The molecule has 1 saturated heterocycles. The molecule has 32 heavy (non-hydrogen) atoms. The second-order valence-electron chi connectivity index (χ2n) is 8.31. The standard InChI is InChI=1S/C24H28N4O3S/c1-2-31-24(30)27-15-13-26(14-16-27)23-25-21-20(18-11-7-4-8-12-19(18)32-21)22(29)28(23)17-9-5-3-6-10-17/h3,5-6,9-10H,2,4,7-8,11-16H2,1H3. The van der Waals surface area contributed by atoms with Crippen LogP contribution in [0.15, 0.2) is 35.1 Å². The van der Waals surface area contributed by atoms with Crippen molar-refractivity contribution < 1.29 is 9.53 Å². The Morgan fingerprint density at radius 1 is 1.06 bits per heavy atom. The molecule has 0 radical (unpaired) electrons. The van der Waals surface area contributed by atoms with E-state index >= 15 is 0 Å². The first-order valence-corrected chi connectivity index (χ1v) is 12.3. The van der Waals surface area contributed by atoms with E-state index in [0.717, 1.165) is 35.2 Å². The van der Waals surface area contributed by atoms with Gasteiger partial charge in [-0.2, -0.15) is 0 Å². The number of fused-ring (bicyclic) bond motifs is 3. The number of aromatic nitrogens is 2. The minimum atomic E-state index is -0.280. The van der Waals surface area contributed by atoms with Gasteiger partial charge in [0.05, 0.1) is 17.7 Å². The third-order valence-electron chi connectivity index (χ3n) is 6.32. The molecule has 5 rings (SSSR count). The van der Waals surface area contributed by atoms with Gasteiger partial charge in [0.25, 0.3) is 5.56 Å². The van der Waals surface area contributed by atoms with Crippen LogP contribution in [0.2, 0.25) is 0 Å². The number of piperazine rings is 1. The molecule has 1 aromatic carbocycles. The molecule has 0 unspecified atom stereocenters. The third-order valence-corrected chi connectivity index (χ3v) is 7.51. The summed E-state index contributed by atoms with van der Waals surface area (Å²) in [7, 11) is 0. The summed E-state index contributed by atoms with van der Waals surface area (Å²) in [5.41, 5.74) is 2.05. The predicted molar refractivity (Wildman–Crippen MR) is 127 cm³/mol. The van der Waals surface area contributed by atoms with Gasteiger partial charge in [-0.05, 0) is 50.3 Å². The number of hydrogen-bond donors (Lipinski definition) is 0. The molecule has 0 atom stereocenters. The molecular formula is C24H28N4O3S. The van der Waals surface area contributed by atoms with Gasteiger partial charge in [-0.3, -0.25) is 4.79 Å². The van der Waals surface area contributed by atoms with Gasteiger partial charge in [0.1, 0.15) is 4.83 Å². The average molecular weight is 453 g/mol. The van der Waals surface area contributed by atoms with Crippen molar-refractivity contribution in [3.8, 4) is 5.69 Å². The number of nitrogens with zero attached hydrogens (tertiary/aromatic N) is 4. The van der Waals surface area contributed by atoms with Crippen LogP contribution in [0.1, 0.15) is 36.6 Å². The van der Waals surface area contributed by atoms with Crippen molar-refractivity contribution in [2.45, 2.75) is 39.0 Å². The molecule has 0 bridgehead atoms. The van der Waals surface area contributed by atoms with Crippen LogP contribution in [-0.2, 0) is 17.6 Å². The van der Waals surface area contributed by atoms with Crippen molar-refractivity contribution in [2.24, 2.45) is 0 Å². The summed E-state index contributed by atoms with van der Waals surface area (Å²) in [5.74, 6) is 0.661. The Hall–Kier alpha value is -2.87. The van der Waals surface area contributed by atoms with Crippen molar-refractivity contribution in [2.75, 3.05) is 37.7 Å². The quantitative estimate of drug-likeness (QED) is 0.562. The molecule has 3 heterocycles. The molecule has 3 aromatic rings. The summed E-state index contributed by atoms with van der Waals surface area (Å²) in [6.45, 7) is 4.48. The van der Waals surface area contributed by atoms with Gasteiger partial charge in [0.2, 0.25) is 5.95 Å². The normalized spacial score (nSPS) is 16.7. The lowest BCUT2D eigenvalue weighted by atomic mass is 10.1. The number of anilines is 1. The van der Waals surface area contributed by atoms with E-state index in [1.807, 2.05) is 37.3 Å². The van der Waals surface area contributed by atoms with Crippen LogP contribution in [0.3, 0.4) is 0 Å². The SMILES string of the molecule is CCOC(=O)N1CCN(c2nc3sc4c(c3c(=O)n2-c2ccccc2)CCCCC4)CC1. The van der Waals surface area contributed by atoms with Crippen molar-refractivity contribution in [3.63, 3.8) is 0 Å². The molecule has 1 aliphatic carbocycles. The molecule has 7 nitrogen and oxygen atoms in total. The maximum absolute atomic E-state index is 13.9. The molecule has 2 aliphatic rings. The minimum absolute atomic E-state index is 0.0171. The lowest BCUT2D eigenvalue weighted by Crippen LogP contribution is -2.50. The molecule has 0 saturated carbocycles. The number of rotatable bonds is 3. The minimum Gasteiger partial charge on any atom is -0.450 e. The highest BCUT2D eigenvalue weighted by Crippen LogP contribution is 2.34. The van der Waals surface area contributed by atoms with E-state index in [2.05, 4.69) is 4.90 Å². The summed E-state index contributed by atoms with van der Waals surface area (Å²) >= 11 is 1.69. The van der Waals surface area contributed by atoms with E-state index in [1.54, 1.807) is 20.8 Å². The van der Waals surface area contributed by atoms with E-state index in [9.17, 15) is 9.59 Å². The Bertz CT molecular complexity index is 1180. The highest BCUT2D eigenvalue weighted by atomic mass is 32.1. The van der Waals surface area contributed by atoms with Crippen LogP contribution in [0.25, 0.3) is 15.9 Å². The zero-order valence-electron chi connectivity index (χ0n) is 18.4. The Morgan fingerprint density at radius 3 is 2.56 bits per heavy atom. The number of amides is 1. The van der Waals surface area contributed by atoms with Gasteiger partial charge in [0, 0.05) is 31.1 Å². The molecule has 1 amide bonds. The molecule has 8 heteroatoms. The average Bonchev–Trinajstić information content (AvgIpc) is 3.01. The van der Waals surface area contributed by atoms with Crippen LogP contribution in [0.4, 0.5) is 10.7 Å². The lowest BCUT2D eigenvalue weighted by Gasteiger charge is -2.35. The first-order valence-electron chi connectivity index (χ1n) is 11.5. The fourth-order valence-electron chi connectivity index (χ4n) is 4.70. The van der Waals surface area contributed by atoms with Crippen molar-refractivity contribution in [1.29, 1.82) is 0 Å². The number of aryl methyl sites for hydroxylation is 2. The number of ether oxygens (including phenoxy) is 1. The molecule has 1 aliphatic heterocycles. The first kappa shape index (κ1) is 21.0. The van der Waals surface area contributed by atoms with Gasteiger partial charge < -0.3 is 14.5 Å². The van der Waals surface area contributed by atoms with E-state index in [4.69, 9.17) is 9.72 Å². The van der Waals surface area contributed by atoms with Crippen molar-refractivity contribution in [3.05, 3.63) is 51.1 Å².